The Labute approximate surface area is 234 Å². The Morgan fingerprint density at radius 2 is 1.93 bits per heavy atom. The summed E-state index contributed by atoms with van der Waals surface area (Å²) in [6.45, 7) is 4.85. The first-order valence-corrected chi connectivity index (χ1v) is 13.4. The standard InChI is InChI=1S/C31H28FN3O6/c1-4-31(40)21-11-24-26-19(13-35(24)29(38)20(21)14-41-30(31)39)25(18-10-15(2)22(32)12-23(18)34-26)16(3)33-28(37)27(36)17-8-6-5-7-9-17/h5-12,16,27,36,40H,4,13-14H2,1-3H3,(H,33,37)/t16-,27-,31-/m0/s1. The van der Waals surface area contributed by atoms with Crippen LogP contribution in [0.1, 0.15) is 65.8 Å². The van der Waals surface area contributed by atoms with Crippen LogP contribution in [0, 0.1) is 12.7 Å². The number of fused-ring (bicyclic) bond motifs is 5. The van der Waals surface area contributed by atoms with E-state index in [-0.39, 0.29) is 30.7 Å². The SMILES string of the molecule is CC[C@@]1(O)C(=O)OCc2c1cc1n(c2=O)Cc2c-1nc1cc(F)c(C)cc1c2[C@H](C)NC(=O)[C@@H](O)c1ccccc1. The van der Waals surface area contributed by atoms with Crippen LogP contribution in [0.2, 0.25) is 0 Å². The number of carbonyl (C=O) groups excluding carboxylic acids is 2. The number of hydrogen-bond acceptors (Lipinski definition) is 7. The first-order chi connectivity index (χ1) is 19.5. The third-order valence-corrected chi connectivity index (χ3v) is 8.17. The lowest BCUT2D eigenvalue weighted by atomic mass is 9.86. The van der Waals surface area contributed by atoms with Crippen LogP contribution in [-0.4, -0.2) is 31.6 Å². The van der Waals surface area contributed by atoms with Crippen LogP contribution in [0.3, 0.4) is 0 Å². The summed E-state index contributed by atoms with van der Waals surface area (Å²) in [7, 11) is 0. The highest BCUT2D eigenvalue weighted by Crippen LogP contribution is 2.42. The van der Waals surface area contributed by atoms with Crippen molar-refractivity contribution in [1.29, 1.82) is 0 Å². The van der Waals surface area contributed by atoms with Crippen LogP contribution in [0.5, 0.6) is 0 Å². The summed E-state index contributed by atoms with van der Waals surface area (Å²) in [6, 6.07) is 12.4. The molecule has 6 rings (SSSR count). The lowest BCUT2D eigenvalue weighted by Crippen LogP contribution is -2.44. The quantitative estimate of drug-likeness (QED) is 0.282. The Balaban J connectivity index is 1.52. The van der Waals surface area contributed by atoms with Gasteiger partial charge in [0, 0.05) is 22.6 Å². The molecule has 1 amide bonds. The Kier molecular flexibility index (Phi) is 6.28. The van der Waals surface area contributed by atoms with E-state index in [1.54, 1.807) is 63.2 Å². The third kappa shape index (κ3) is 4.05. The van der Waals surface area contributed by atoms with Crippen molar-refractivity contribution in [2.24, 2.45) is 0 Å². The number of benzene rings is 2. The maximum Gasteiger partial charge on any atom is 0.343 e. The van der Waals surface area contributed by atoms with Gasteiger partial charge >= 0.3 is 5.97 Å². The average Bonchev–Trinajstić information content (AvgIpc) is 3.33. The molecule has 3 atom stereocenters. The van der Waals surface area contributed by atoms with E-state index < -0.39 is 41.0 Å². The lowest BCUT2D eigenvalue weighted by molar-refractivity contribution is -0.172. The number of aliphatic hydroxyl groups excluding tert-OH is 1. The fourth-order valence-corrected chi connectivity index (χ4v) is 5.89. The predicted octanol–water partition coefficient (Wildman–Crippen LogP) is 3.44. The molecule has 0 aliphatic carbocycles. The van der Waals surface area contributed by atoms with E-state index in [4.69, 9.17) is 9.72 Å². The van der Waals surface area contributed by atoms with E-state index in [2.05, 4.69) is 5.32 Å². The molecule has 0 saturated carbocycles. The van der Waals surface area contributed by atoms with Gasteiger partial charge in [-0.1, -0.05) is 37.3 Å². The number of amides is 1. The van der Waals surface area contributed by atoms with Gasteiger partial charge in [-0.05, 0) is 49.1 Å². The molecule has 4 heterocycles. The fourth-order valence-electron chi connectivity index (χ4n) is 5.89. The average molecular weight is 558 g/mol. The summed E-state index contributed by atoms with van der Waals surface area (Å²) in [5.74, 6) is -1.91. The highest BCUT2D eigenvalue weighted by atomic mass is 19.1. The molecule has 41 heavy (non-hydrogen) atoms. The third-order valence-electron chi connectivity index (χ3n) is 8.17. The smallest absolute Gasteiger partial charge is 0.343 e. The van der Waals surface area contributed by atoms with Gasteiger partial charge in [-0.3, -0.25) is 9.59 Å². The number of cyclic esters (lactones) is 1. The van der Waals surface area contributed by atoms with Gasteiger partial charge in [-0.2, -0.15) is 0 Å². The summed E-state index contributed by atoms with van der Waals surface area (Å²) >= 11 is 0. The van der Waals surface area contributed by atoms with Gasteiger partial charge in [0.2, 0.25) is 0 Å². The van der Waals surface area contributed by atoms with Crippen molar-refractivity contribution < 1.29 is 28.9 Å². The Morgan fingerprint density at radius 3 is 2.63 bits per heavy atom. The molecule has 0 unspecified atom stereocenters. The van der Waals surface area contributed by atoms with Gasteiger partial charge in [0.25, 0.3) is 11.5 Å². The maximum absolute atomic E-state index is 14.7. The molecular weight excluding hydrogens is 529 g/mol. The number of nitrogens with one attached hydrogen (secondary N) is 1. The number of nitrogens with zero attached hydrogens (tertiary/aromatic N) is 2. The number of hydrogen-bond donors (Lipinski definition) is 3. The van der Waals surface area contributed by atoms with Crippen LogP contribution in [0.25, 0.3) is 22.3 Å². The van der Waals surface area contributed by atoms with Crippen molar-refractivity contribution >= 4 is 22.8 Å². The zero-order valence-corrected chi connectivity index (χ0v) is 22.7. The fraction of sp³-hybridized carbons (Fsp3) is 0.290. The molecule has 4 aromatic rings. The van der Waals surface area contributed by atoms with Crippen molar-refractivity contribution in [3.63, 3.8) is 0 Å². The number of rotatable bonds is 5. The van der Waals surface area contributed by atoms with Gasteiger partial charge in [0.1, 0.15) is 12.4 Å². The number of halogens is 1. The van der Waals surface area contributed by atoms with Gasteiger partial charge < -0.3 is 24.8 Å². The second-order valence-corrected chi connectivity index (χ2v) is 10.6. The highest BCUT2D eigenvalue weighted by molar-refractivity contribution is 5.91. The first kappa shape index (κ1) is 26.8. The topological polar surface area (TPSA) is 131 Å². The molecule has 3 N–H and O–H groups in total. The van der Waals surface area contributed by atoms with E-state index >= 15 is 0 Å². The zero-order valence-electron chi connectivity index (χ0n) is 22.7. The molecule has 0 radical (unpaired) electrons. The molecule has 210 valence electrons. The van der Waals surface area contributed by atoms with Gasteiger partial charge in [0.05, 0.1) is 35.1 Å². The van der Waals surface area contributed by atoms with Crippen LogP contribution in [0.4, 0.5) is 4.39 Å². The number of pyridine rings is 2. The van der Waals surface area contributed by atoms with Gasteiger partial charge in [-0.15, -0.1) is 0 Å². The normalized spacial score (nSPS) is 18.7. The molecule has 2 aliphatic rings. The summed E-state index contributed by atoms with van der Waals surface area (Å²) in [6.07, 6.45) is -1.41. The molecule has 9 nitrogen and oxygen atoms in total. The van der Waals surface area contributed by atoms with Crippen LogP contribution in [-0.2, 0) is 33.1 Å². The monoisotopic (exact) mass is 557 g/mol. The lowest BCUT2D eigenvalue weighted by Gasteiger charge is -2.31. The van der Waals surface area contributed by atoms with E-state index in [0.29, 0.717) is 44.5 Å². The summed E-state index contributed by atoms with van der Waals surface area (Å²) < 4.78 is 21.4. The summed E-state index contributed by atoms with van der Waals surface area (Å²) in [5.41, 5.74) is 1.10. The predicted molar refractivity (Wildman–Crippen MR) is 147 cm³/mol. The molecule has 2 aliphatic heterocycles. The number of carbonyl (C=O) groups is 2. The molecule has 0 spiro atoms. The molecule has 0 fully saturated rings. The van der Waals surface area contributed by atoms with Gasteiger partial charge in [-0.25, -0.2) is 14.2 Å². The zero-order chi connectivity index (χ0) is 29.2. The Bertz CT molecular complexity index is 1820. The molecule has 10 heteroatoms. The van der Waals surface area contributed by atoms with E-state index in [1.165, 1.54) is 10.6 Å². The number of aromatic nitrogens is 2. The Morgan fingerprint density at radius 1 is 1.20 bits per heavy atom. The first-order valence-electron chi connectivity index (χ1n) is 13.4. The second-order valence-electron chi connectivity index (χ2n) is 10.6. The van der Waals surface area contributed by atoms with Crippen molar-refractivity contribution in [1.82, 2.24) is 14.9 Å². The van der Waals surface area contributed by atoms with Crippen LogP contribution < -0.4 is 10.9 Å². The number of aryl methyl sites for hydroxylation is 1. The molecule has 2 aromatic heterocycles. The second kappa shape index (κ2) is 9.60. The molecule has 0 saturated heterocycles. The van der Waals surface area contributed by atoms with E-state index in [1.807, 2.05) is 0 Å². The van der Waals surface area contributed by atoms with Crippen molar-refractivity contribution in [2.45, 2.75) is 58.1 Å². The Hall–Kier alpha value is -4.41. The van der Waals surface area contributed by atoms with Gasteiger partial charge in [0.15, 0.2) is 11.7 Å². The van der Waals surface area contributed by atoms with Crippen molar-refractivity contribution in [3.8, 4) is 11.4 Å². The maximum atomic E-state index is 14.7. The van der Waals surface area contributed by atoms with Crippen LogP contribution >= 0.6 is 0 Å². The minimum atomic E-state index is -1.98. The molecular formula is C31H28FN3O6. The minimum absolute atomic E-state index is 0.00226. The van der Waals surface area contributed by atoms with Crippen molar-refractivity contribution in [2.75, 3.05) is 0 Å². The number of esters is 1. The van der Waals surface area contributed by atoms with E-state index in [9.17, 15) is 29.0 Å². The summed E-state index contributed by atoms with van der Waals surface area (Å²) in [4.78, 5) is 44.0. The van der Waals surface area contributed by atoms with Crippen LogP contribution in [0.15, 0.2) is 53.3 Å². The largest absolute Gasteiger partial charge is 0.458 e. The number of aliphatic hydroxyl groups is 2. The summed E-state index contributed by atoms with van der Waals surface area (Å²) in [5, 5.41) is 25.3. The molecule has 2 aromatic carbocycles. The number of ether oxygens (including phenoxy) is 1. The minimum Gasteiger partial charge on any atom is -0.458 e. The van der Waals surface area contributed by atoms with E-state index in [0.717, 1.165) is 0 Å². The molecule has 0 bridgehead atoms. The van der Waals surface area contributed by atoms with Crippen molar-refractivity contribution in [3.05, 3.63) is 98.1 Å². The highest BCUT2D eigenvalue weighted by Gasteiger charge is 2.45.